The third-order valence-electron chi connectivity index (χ3n) is 1.90. The molecular formula is C10H12N6O. The highest BCUT2D eigenvalue weighted by Crippen LogP contribution is 2.09. The molecule has 0 unspecified atom stereocenters. The molecule has 0 aliphatic rings. The van der Waals surface area contributed by atoms with Gasteiger partial charge in [0.05, 0.1) is 6.61 Å². The molecule has 0 fully saturated rings. The van der Waals surface area contributed by atoms with E-state index in [2.05, 4.69) is 31.0 Å². The average Bonchev–Trinajstić information content (AvgIpc) is 2.39. The van der Waals surface area contributed by atoms with Crippen molar-refractivity contribution < 1.29 is 5.11 Å². The van der Waals surface area contributed by atoms with Crippen LogP contribution in [0.3, 0.4) is 0 Å². The van der Waals surface area contributed by atoms with Crippen LogP contribution in [0.25, 0.3) is 0 Å². The zero-order valence-corrected chi connectivity index (χ0v) is 9.04. The molecule has 0 radical (unpaired) electrons. The van der Waals surface area contributed by atoms with Crippen LogP contribution in [0.4, 0.5) is 17.6 Å². The van der Waals surface area contributed by atoms with Gasteiger partial charge in [-0.1, -0.05) is 18.2 Å². The summed E-state index contributed by atoms with van der Waals surface area (Å²) in [5.74, 6) is 0.614. The standard InChI is InChI=1S/C10H12N6O/c17-7-6-11-9-13-15-10(16-14-9)12-8-4-2-1-3-5-8/h1-5,17H,6-7H2,(H,11,13,14)(H,12,15,16). The summed E-state index contributed by atoms with van der Waals surface area (Å²) in [5.41, 5.74) is 0.868. The molecule has 2 aromatic rings. The minimum atomic E-state index is 0.00732. The van der Waals surface area contributed by atoms with Gasteiger partial charge in [0.1, 0.15) is 0 Å². The molecule has 17 heavy (non-hydrogen) atoms. The second-order valence-corrected chi connectivity index (χ2v) is 3.19. The Morgan fingerprint density at radius 2 is 1.59 bits per heavy atom. The Labute approximate surface area is 97.9 Å². The fraction of sp³-hybridized carbons (Fsp3) is 0.200. The van der Waals surface area contributed by atoms with Crippen LogP contribution >= 0.6 is 0 Å². The fourth-order valence-corrected chi connectivity index (χ4v) is 1.17. The predicted octanol–water partition coefficient (Wildman–Crippen LogP) is 0.414. The molecule has 0 amide bonds. The summed E-state index contributed by atoms with van der Waals surface area (Å²) in [6, 6.07) is 9.51. The Kier molecular flexibility index (Phi) is 3.77. The molecule has 2 rings (SSSR count). The molecule has 0 aliphatic heterocycles. The number of anilines is 3. The van der Waals surface area contributed by atoms with Crippen molar-refractivity contribution in [2.45, 2.75) is 0 Å². The average molecular weight is 232 g/mol. The summed E-state index contributed by atoms with van der Waals surface area (Å²) in [4.78, 5) is 0. The number of aliphatic hydroxyl groups is 1. The van der Waals surface area contributed by atoms with Gasteiger partial charge in [0.2, 0.25) is 0 Å². The molecule has 0 saturated heterocycles. The topological polar surface area (TPSA) is 95.8 Å². The normalized spacial score (nSPS) is 9.94. The third kappa shape index (κ3) is 3.35. The van der Waals surface area contributed by atoms with Crippen molar-refractivity contribution in [3.8, 4) is 0 Å². The van der Waals surface area contributed by atoms with E-state index in [4.69, 9.17) is 5.11 Å². The van der Waals surface area contributed by atoms with Gasteiger partial charge in [-0.2, -0.15) is 0 Å². The summed E-state index contributed by atoms with van der Waals surface area (Å²) < 4.78 is 0. The van der Waals surface area contributed by atoms with Crippen molar-refractivity contribution in [1.82, 2.24) is 20.4 Å². The van der Waals surface area contributed by atoms with Crippen LogP contribution in [0.5, 0.6) is 0 Å². The van der Waals surface area contributed by atoms with Gasteiger partial charge in [0.15, 0.2) is 0 Å². The lowest BCUT2D eigenvalue weighted by Gasteiger charge is -2.03. The quantitative estimate of drug-likeness (QED) is 0.687. The number of aromatic nitrogens is 4. The molecule has 1 aromatic carbocycles. The second-order valence-electron chi connectivity index (χ2n) is 3.19. The van der Waals surface area contributed by atoms with Crippen molar-refractivity contribution in [1.29, 1.82) is 0 Å². The lowest BCUT2D eigenvalue weighted by Crippen LogP contribution is -2.11. The predicted molar refractivity (Wildman–Crippen MR) is 62.9 cm³/mol. The Bertz CT molecular complexity index is 446. The lowest BCUT2D eigenvalue weighted by atomic mass is 10.3. The van der Waals surface area contributed by atoms with E-state index in [1.54, 1.807) is 0 Å². The van der Waals surface area contributed by atoms with Crippen LogP contribution < -0.4 is 10.6 Å². The van der Waals surface area contributed by atoms with Gasteiger partial charge in [-0.25, -0.2) is 0 Å². The molecule has 7 heteroatoms. The van der Waals surface area contributed by atoms with E-state index in [-0.39, 0.29) is 12.6 Å². The number of benzene rings is 1. The van der Waals surface area contributed by atoms with Gasteiger partial charge in [0, 0.05) is 12.2 Å². The SMILES string of the molecule is OCCNc1nnc(Nc2ccccc2)nn1. The smallest absolute Gasteiger partial charge is 0.266 e. The fourth-order valence-electron chi connectivity index (χ4n) is 1.17. The third-order valence-corrected chi connectivity index (χ3v) is 1.90. The number of rotatable bonds is 5. The molecule has 0 atom stereocenters. The number of nitrogens with zero attached hydrogens (tertiary/aromatic N) is 4. The van der Waals surface area contributed by atoms with Gasteiger partial charge in [-0.05, 0) is 12.1 Å². The van der Waals surface area contributed by atoms with Gasteiger partial charge < -0.3 is 15.7 Å². The Hall–Kier alpha value is -2.28. The molecule has 0 spiro atoms. The van der Waals surface area contributed by atoms with Crippen LogP contribution in [0.1, 0.15) is 0 Å². The first-order valence-electron chi connectivity index (χ1n) is 5.12. The van der Waals surface area contributed by atoms with Gasteiger partial charge >= 0.3 is 0 Å². The van der Waals surface area contributed by atoms with Crippen LogP contribution in [0.15, 0.2) is 30.3 Å². The molecule has 0 saturated carbocycles. The van der Waals surface area contributed by atoms with E-state index < -0.39 is 0 Å². The molecule has 0 aliphatic carbocycles. The summed E-state index contributed by atoms with van der Waals surface area (Å²) in [5, 5.41) is 29.6. The number of aliphatic hydroxyl groups excluding tert-OH is 1. The van der Waals surface area contributed by atoms with Gasteiger partial charge in [-0.15, -0.1) is 20.4 Å². The van der Waals surface area contributed by atoms with E-state index >= 15 is 0 Å². The minimum Gasteiger partial charge on any atom is -0.395 e. The summed E-state index contributed by atoms with van der Waals surface area (Å²) in [6.07, 6.45) is 0. The van der Waals surface area contributed by atoms with Crippen molar-refractivity contribution in [3.05, 3.63) is 30.3 Å². The highest BCUT2D eigenvalue weighted by Gasteiger charge is 2.00. The Morgan fingerprint density at radius 1 is 0.941 bits per heavy atom. The Morgan fingerprint density at radius 3 is 2.24 bits per heavy atom. The molecule has 1 heterocycles. The zero-order valence-electron chi connectivity index (χ0n) is 9.04. The van der Waals surface area contributed by atoms with Crippen molar-refractivity contribution in [3.63, 3.8) is 0 Å². The molecule has 3 N–H and O–H groups in total. The number of nitrogens with one attached hydrogen (secondary N) is 2. The van der Waals surface area contributed by atoms with E-state index in [1.165, 1.54) is 0 Å². The maximum Gasteiger partial charge on any atom is 0.266 e. The molecular weight excluding hydrogens is 220 g/mol. The first kappa shape index (κ1) is 11.2. The van der Waals surface area contributed by atoms with Crippen LogP contribution in [0, 0.1) is 0 Å². The van der Waals surface area contributed by atoms with Gasteiger partial charge in [-0.3, -0.25) is 0 Å². The monoisotopic (exact) mass is 232 g/mol. The van der Waals surface area contributed by atoms with E-state index in [0.717, 1.165) is 5.69 Å². The molecule has 88 valence electrons. The Balaban J connectivity index is 1.98. The molecule has 1 aromatic heterocycles. The number of para-hydroxylation sites is 1. The molecule has 7 nitrogen and oxygen atoms in total. The van der Waals surface area contributed by atoms with Crippen LogP contribution in [-0.2, 0) is 0 Å². The minimum absolute atomic E-state index is 0.00732. The highest BCUT2D eigenvalue weighted by molar-refractivity contribution is 5.51. The largest absolute Gasteiger partial charge is 0.395 e. The van der Waals surface area contributed by atoms with Gasteiger partial charge in [0.25, 0.3) is 11.9 Å². The van der Waals surface area contributed by atoms with E-state index in [0.29, 0.717) is 12.5 Å². The summed E-state index contributed by atoms with van der Waals surface area (Å²) >= 11 is 0. The van der Waals surface area contributed by atoms with Crippen molar-refractivity contribution in [2.24, 2.45) is 0 Å². The summed E-state index contributed by atoms with van der Waals surface area (Å²) in [6.45, 7) is 0.377. The maximum absolute atomic E-state index is 8.61. The highest BCUT2D eigenvalue weighted by atomic mass is 16.3. The number of hydrogen-bond acceptors (Lipinski definition) is 7. The van der Waals surface area contributed by atoms with E-state index in [1.807, 2.05) is 30.3 Å². The lowest BCUT2D eigenvalue weighted by molar-refractivity contribution is 0.310. The van der Waals surface area contributed by atoms with Crippen LogP contribution in [0.2, 0.25) is 0 Å². The maximum atomic E-state index is 8.61. The number of hydrogen-bond donors (Lipinski definition) is 3. The zero-order chi connectivity index (χ0) is 11.9. The van der Waals surface area contributed by atoms with E-state index in [9.17, 15) is 0 Å². The first-order chi connectivity index (χ1) is 8.38. The first-order valence-corrected chi connectivity index (χ1v) is 5.12. The van der Waals surface area contributed by atoms with Crippen molar-refractivity contribution in [2.75, 3.05) is 23.8 Å². The summed E-state index contributed by atoms with van der Waals surface area (Å²) in [7, 11) is 0. The van der Waals surface area contributed by atoms with Crippen LogP contribution in [-0.4, -0.2) is 38.7 Å². The van der Waals surface area contributed by atoms with Crippen molar-refractivity contribution >= 4 is 17.6 Å². The second kappa shape index (κ2) is 5.71. The molecule has 0 bridgehead atoms.